The molecule has 0 saturated heterocycles. The maximum absolute atomic E-state index is 6.16. The molecular weight excluding hydrogens is 234 g/mol. The van der Waals surface area contributed by atoms with Crippen LogP contribution in [0.1, 0.15) is 24.5 Å². The van der Waals surface area contributed by atoms with E-state index in [-0.39, 0.29) is 5.92 Å². The average molecular weight is 250 g/mol. The minimum absolute atomic E-state index is 0.241. The Morgan fingerprint density at radius 3 is 2.94 bits per heavy atom. The molecule has 0 saturated carbocycles. The molecule has 90 valence electrons. The van der Waals surface area contributed by atoms with Gasteiger partial charge in [0.25, 0.3) is 0 Å². The van der Waals surface area contributed by atoms with E-state index in [1.54, 1.807) is 0 Å². The predicted molar refractivity (Wildman–Crippen MR) is 73.2 cm³/mol. The predicted octanol–water partition coefficient (Wildman–Crippen LogP) is 3.16. The third kappa shape index (κ3) is 2.50. The first-order valence-corrected chi connectivity index (χ1v) is 6.11. The molecule has 17 heavy (non-hydrogen) atoms. The molecular formula is C13H16ClN3. The highest BCUT2D eigenvalue weighted by Gasteiger charge is 2.19. The lowest BCUT2D eigenvalue weighted by Gasteiger charge is -2.17. The molecule has 0 radical (unpaired) electrons. The van der Waals surface area contributed by atoms with Gasteiger partial charge in [0.2, 0.25) is 0 Å². The van der Waals surface area contributed by atoms with Gasteiger partial charge in [-0.25, -0.2) is 4.99 Å². The normalized spacial score (nSPS) is 22.6. The first-order valence-electron chi connectivity index (χ1n) is 5.73. The quantitative estimate of drug-likeness (QED) is 0.557. The summed E-state index contributed by atoms with van der Waals surface area (Å²) >= 11 is 6.16. The molecule has 0 aromatic heterocycles. The minimum Gasteiger partial charge on any atom is -0.323 e. The molecule has 1 aromatic carbocycles. The molecule has 0 amide bonds. The van der Waals surface area contributed by atoms with E-state index in [1.165, 1.54) is 11.1 Å². The lowest BCUT2D eigenvalue weighted by Crippen LogP contribution is -2.21. The van der Waals surface area contributed by atoms with Crippen molar-refractivity contribution in [3.8, 4) is 0 Å². The minimum atomic E-state index is 0.241. The van der Waals surface area contributed by atoms with Gasteiger partial charge in [-0.05, 0) is 31.4 Å². The summed E-state index contributed by atoms with van der Waals surface area (Å²) in [7, 11) is 0. The summed E-state index contributed by atoms with van der Waals surface area (Å²) in [6.45, 7) is 4.16. The highest BCUT2D eigenvalue weighted by molar-refractivity contribution is 6.84. The highest BCUT2D eigenvalue weighted by atomic mass is 35.5. The van der Waals surface area contributed by atoms with E-state index < -0.39 is 0 Å². The van der Waals surface area contributed by atoms with E-state index in [4.69, 9.17) is 17.4 Å². The number of halogens is 1. The molecule has 1 aliphatic heterocycles. The number of nitrogens with zero attached hydrogens (tertiary/aromatic N) is 2. The van der Waals surface area contributed by atoms with Crippen molar-refractivity contribution < 1.29 is 0 Å². The van der Waals surface area contributed by atoms with Crippen LogP contribution in [0.25, 0.3) is 0 Å². The number of fused-ring (bicyclic) bond motifs is 1. The number of benzene rings is 1. The van der Waals surface area contributed by atoms with Crippen LogP contribution in [-0.2, 0) is 6.42 Å². The molecule has 0 spiro atoms. The monoisotopic (exact) mass is 249 g/mol. The number of nitrogens with two attached hydrogens (primary N) is 1. The van der Waals surface area contributed by atoms with Crippen molar-refractivity contribution >= 4 is 28.2 Å². The molecule has 1 atom stereocenters. The summed E-state index contributed by atoms with van der Waals surface area (Å²) in [5.74, 6) is 5.61. The van der Waals surface area contributed by atoms with Crippen LogP contribution < -0.4 is 5.84 Å². The zero-order chi connectivity index (χ0) is 12.4. The molecule has 0 fully saturated rings. The molecule has 0 aliphatic carbocycles. The van der Waals surface area contributed by atoms with Crippen molar-refractivity contribution in [3.63, 3.8) is 0 Å². The number of aryl methyl sites for hydroxylation is 2. The van der Waals surface area contributed by atoms with Gasteiger partial charge in [0.15, 0.2) is 5.17 Å². The van der Waals surface area contributed by atoms with Gasteiger partial charge in [0.05, 0.1) is 5.69 Å². The van der Waals surface area contributed by atoms with Gasteiger partial charge < -0.3 is 5.84 Å². The number of rotatable bonds is 0. The smallest absolute Gasteiger partial charge is 0.153 e. The Morgan fingerprint density at radius 2 is 2.24 bits per heavy atom. The second kappa shape index (κ2) is 4.88. The van der Waals surface area contributed by atoms with Gasteiger partial charge in [-0.1, -0.05) is 36.2 Å². The number of aliphatic imine (C=N–C) groups is 1. The van der Waals surface area contributed by atoms with E-state index >= 15 is 0 Å². The number of hydrogen-bond donors (Lipinski definition) is 1. The SMILES string of the molecule is Cc1ccc2c(c1)CCC(C)/C(=N\N)C(Cl)=N2. The van der Waals surface area contributed by atoms with Gasteiger partial charge in [-0.2, -0.15) is 5.10 Å². The molecule has 3 nitrogen and oxygen atoms in total. The fraction of sp³-hybridized carbons (Fsp3) is 0.385. The molecule has 1 aliphatic rings. The average Bonchev–Trinajstić information content (AvgIpc) is 2.29. The van der Waals surface area contributed by atoms with Crippen molar-refractivity contribution in [1.82, 2.24) is 0 Å². The standard InChI is InChI=1S/C13H16ClN3/c1-8-3-6-11-10(7-8)5-4-9(2)12(17-15)13(14)16-11/h3,6-7,9H,4-5,15H2,1-2H3/b16-13?,17-12+. The Bertz CT molecular complexity index is 491. The second-order valence-electron chi connectivity index (χ2n) is 4.49. The number of hydrogen-bond acceptors (Lipinski definition) is 3. The van der Waals surface area contributed by atoms with E-state index in [0.717, 1.165) is 18.5 Å². The summed E-state index contributed by atoms with van der Waals surface area (Å²) in [4.78, 5) is 4.41. The van der Waals surface area contributed by atoms with E-state index in [1.807, 2.05) is 12.1 Å². The second-order valence-corrected chi connectivity index (χ2v) is 4.85. The number of hydrazone groups is 1. The molecule has 4 heteroatoms. The van der Waals surface area contributed by atoms with Crippen molar-refractivity contribution in [2.45, 2.75) is 26.7 Å². The largest absolute Gasteiger partial charge is 0.323 e. The van der Waals surface area contributed by atoms with Crippen LogP contribution in [0.5, 0.6) is 0 Å². The maximum Gasteiger partial charge on any atom is 0.153 e. The Kier molecular flexibility index (Phi) is 3.48. The molecule has 1 heterocycles. The van der Waals surface area contributed by atoms with Crippen LogP contribution in [-0.4, -0.2) is 10.9 Å². The third-order valence-corrected chi connectivity index (χ3v) is 3.40. The van der Waals surface area contributed by atoms with Gasteiger partial charge in [0.1, 0.15) is 5.71 Å². The van der Waals surface area contributed by atoms with Crippen LogP contribution in [0.15, 0.2) is 28.3 Å². The van der Waals surface area contributed by atoms with Gasteiger partial charge in [0, 0.05) is 5.92 Å². The molecule has 0 bridgehead atoms. The van der Waals surface area contributed by atoms with Gasteiger partial charge >= 0.3 is 0 Å². The van der Waals surface area contributed by atoms with Crippen molar-refractivity contribution in [1.29, 1.82) is 0 Å². The summed E-state index contributed by atoms with van der Waals surface area (Å²) in [5.41, 5.74) is 4.11. The Balaban J connectivity index is 2.51. The molecule has 2 rings (SSSR count). The van der Waals surface area contributed by atoms with Gasteiger partial charge in [-0.3, -0.25) is 0 Å². The highest BCUT2D eigenvalue weighted by Crippen LogP contribution is 2.27. The lowest BCUT2D eigenvalue weighted by molar-refractivity contribution is 0.683. The Labute approximate surface area is 106 Å². The molecule has 2 N–H and O–H groups in total. The lowest BCUT2D eigenvalue weighted by atomic mass is 9.94. The van der Waals surface area contributed by atoms with Crippen LogP contribution in [0.2, 0.25) is 0 Å². The van der Waals surface area contributed by atoms with E-state index in [9.17, 15) is 0 Å². The van der Waals surface area contributed by atoms with Crippen LogP contribution in [0, 0.1) is 12.8 Å². The Hall–Kier alpha value is -1.35. The van der Waals surface area contributed by atoms with Gasteiger partial charge in [-0.15, -0.1) is 0 Å². The van der Waals surface area contributed by atoms with Crippen LogP contribution >= 0.6 is 11.6 Å². The summed E-state index contributed by atoms with van der Waals surface area (Å²) < 4.78 is 0. The van der Waals surface area contributed by atoms with Crippen molar-refractivity contribution in [2.75, 3.05) is 0 Å². The van der Waals surface area contributed by atoms with Crippen LogP contribution in [0.4, 0.5) is 5.69 Å². The summed E-state index contributed by atoms with van der Waals surface area (Å²) in [6, 6.07) is 6.20. The molecule has 1 unspecified atom stereocenters. The molecule has 1 aromatic rings. The van der Waals surface area contributed by atoms with E-state index in [2.05, 4.69) is 30.0 Å². The fourth-order valence-electron chi connectivity index (χ4n) is 2.08. The third-order valence-electron chi connectivity index (χ3n) is 3.12. The fourth-order valence-corrected chi connectivity index (χ4v) is 2.41. The first kappa shape index (κ1) is 12.1. The topological polar surface area (TPSA) is 50.7 Å². The maximum atomic E-state index is 6.16. The van der Waals surface area contributed by atoms with E-state index in [0.29, 0.717) is 10.9 Å². The summed E-state index contributed by atoms with van der Waals surface area (Å²) in [6.07, 6.45) is 1.96. The first-order chi connectivity index (χ1) is 8.11. The van der Waals surface area contributed by atoms with Crippen LogP contribution in [0.3, 0.4) is 0 Å². The van der Waals surface area contributed by atoms with Crippen molar-refractivity contribution in [3.05, 3.63) is 29.3 Å². The Morgan fingerprint density at radius 1 is 1.47 bits per heavy atom. The zero-order valence-corrected chi connectivity index (χ0v) is 10.8. The van der Waals surface area contributed by atoms with Crippen molar-refractivity contribution in [2.24, 2.45) is 21.9 Å². The zero-order valence-electron chi connectivity index (χ0n) is 10.1. The summed E-state index contributed by atoms with van der Waals surface area (Å²) in [5, 5.41) is 4.16.